The molecule has 0 saturated carbocycles. The summed E-state index contributed by atoms with van der Waals surface area (Å²) in [5, 5.41) is 11.3. The van der Waals surface area contributed by atoms with Crippen LogP contribution in [0, 0.1) is 10.1 Å². The molecule has 1 aliphatic rings. The SMILES string of the molecule is CCN(CC)Cc1ccc(C(=O)N2CCN(S(=O)(=O)c3ccc(OC)c([N+](=O)[O-])c3)CC2)cc1. The third-order valence-electron chi connectivity index (χ3n) is 6.01. The van der Waals surface area contributed by atoms with Crippen molar-refractivity contribution in [1.29, 1.82) is 0 Å². The molecule has 2 aromatic carbocycles. The minimum absolute atomic E-state index is 0.0116. The van der Waals surface area contributed by atoms with Gasteiger partial charge in [0.15, 0.2) is 5.75 Å². The molecule has 0 aliphatic carbocycles. The first kappa shape index (κ1) is 25.6. The first-order valence-corrected chi connectivity index (χ1v) is 12.6. The molecular weight excluding hydrogens is 460 g/mol. The number of sulfonamides is 1. The van der Waals surface area contributed by atoms with Gasteiger partial charge in [-0.05, 0) is 42.9 Å². The number of nitro benzene ring substituents is 1. The van der Waals surface area contributed by atoms with Crippen LogP contribution in [-0.2, 0) is 16.6 Å². The lowest BCUT2D eigenvalue weighted by molar-refractivity contribution is -0.386. The lowest BCUT2D eigenvalue weighted by Gasteiger charge is -2.34. The molecule has 34 heavy (non-hydrogen) atoms. The number of piperazine rings is 1. The third-order valence-corrected chi connectivity index (χ3v) is 7.91. The molecular formula is C23H30N4O6S. The molecule has 10 nitrogen and oxygen atoms in total. The van der Waals surface area contributed by atoms with Crippen LogP contribution in [0.4, 0.5) is 5.69 Å². The predicted molar refractivity (Wildman–Crippen MR) is 127 cm³/mol. The van der Waals surface area contributed by atoms with Crippen LogP contribution >= 0.6 is 0 Å². The van der Waals surface area contributed by atoms with E-state index in [1.54, 1.807) is 17.0 Å². The number of amides is 1. The minimum atomic E-state index is -3.95. The highest BCUT2D eigenvalue weighted by atomic mass is 32.2. The van der Waals surface area contributed by atoms with Crippen LogP contribution in [-0.4, -0.2) is 79.7 Å². The van der Waals surface area contributed by atoms with Gasteiger partial charge in [-0.3, -0.25) is 19.8 Å². The largest absolute Gasteiger partial charge is 0.490 e. The topological polar surface area (TPSA) is 113 Å². The number of carbonyl (C=O) groups is 1. The highest BCUT2D eigenvalue weighted by molar-refractivity contribution is 7.89. The zero-order valence-electron chi connectivity index (χ0n) is 19.6. The number of ether oxygens (including phenoxy) is 1. The van der Waals surface area contributed by atoms with Crippen LogP contribution in [0.5, 0.6) is 5.75 Å². The van der Waals surface area contributed by atoms with Crippen molar-refractivity contribution in [2.45, 2.75) is 25.3 Å². The van der Waals surface area contributed by atoms with Crippen molar-refractivity contribution in [3.8, 4) is 5.75 Å². The molecule has 11 heteroatoms. The Bertz CT molecular complexity index is 1120. The Kier molecular flexibility index (Phi) is 8.24. The maximum Gasteiger partial charge on any atom is 0.312 e. The summed E-state index contributed by atoms with van der Waals surface area (Å²) in [5.74, 6) is -0.158. The van der Waals surface area contributed by atoms with Crippen molar-refractivity contribution in [2.75, 3.05) is 46.4 Å². The summed E-state index contributed by atoms with van der Waals surface area (Å²) >= 11 is 0. The lowest BCUT2D eigenvalue weighted by Crippen LogP contribution is -2.50. The Morgan fingerprint density at radius 3 is 2.21 bits per heavy atom. The number of hydrogen-bond donors (Lipinski definition) is 0. The maximum absolute atomic E-state index is 13.0. The van der Waals surface area contributed by atoms with E-state index in [2.05, 4.69) is 18.7 Å². The molecule has 0 N–H and O–H groups in total. The number of hydrogen-bond acceptors (Lipinski definition) is 7. The number of rotatable bonds is 9. The lowest BCUT2D eigenvalue weighted by atomic mass is 10.1. The van der Waals surface area contributed by atoms with Crippen LogP contribution in [0.1, 0.15) is 29.8 Å². The molecule has 1 saturated heterocycles. The summed E-state index contributed by atoms with van der Waals surface area (Å²) in [6.07, 6.45) is 0. The second-order valence-electron chi connectivity index (χ2n) is 7.95. The van der Waals surface area contributed by atoms with E-state index in [0.29, 0.717) is 5.56 Å². The van der Waals surface area contributed by atoms with Gasteiger partial charge >= 0.3 is 5.69 Å². The van der Waals surface area contributed by atoms with Crippen LogP contribution < -0.4 is 4.74 Å². The van der Waals surface area contributed by atoms with E-state index in [1.807, 2.05) is 12.1 Å². The Labute approximate surface area is 199 Å². The van der Waals surface area contributed by atoms with Gasteiger partial charge in [0.2, 0.25) is 10.0 Å². The summed E-state index contributed by atoms with van der Waals surface area (Å²) in [4.78, 5) is 27.2. The van der Waals surface area contributed by atoms with Gasteiger partial charge < -0.3 is 9.64 Å². The van der Waals surface area contributed by atoms with Gasteiger partial charge in [0.25, 0.3) is 5.91 Å². The van der Waals surface area contributed by atoms with E-state index >= 15 is 0 Å². The van der Waals surface area contributed by atoms with Crippen LogP contribution in [0.2, 0.25) is 0 Å². The molecule has 0 aromatic heterocycles. The van der Waals surface area contributed by atoms with E-state index in [9.17, 15) is 23.3 Å². The monoisotopic (exact) mass is 490 g/mol. The van der Waals surface area contributed by atoms with Gasteiger partial charge in [0.05, 0.1) is 16.9 Å². The first-order valence-electron chi connectivity index (χ1n) is 11.1. The fraction of sp³-hybridized carbons (Fsp3) is 0.435. The molecule has 1 fully saturated rings. The molecule has 184 valence electrons. The number of methoxy groups -OCH3 is 1. The average Bonchev–Trinajstić information content (AvgIpc) is 2.86. The predicted octanol–water partition coefficient (Wildman–Crippen LogP) is 2.59. The smallest absolute Gasteiger partial charge is 0.312 e. The van der Waals surface area contributed by atoms with Crippen molar-refractivity contribution in [2.24, 2.45) is 0 Å². The molecule has 2 aromatic rings. The molecule has 3 rings (SSSR count). The molecule has 0 unspecified atom stereocenters. The number of nitrogens with zero attached hydrogens (tertiary/aromatic N) is 4. The van der Waals surface area contributed by atoms with Gasteiger partial charge in [-0.2, -0.15) is 4.31 Å². The van der Waals surface area contributed by atoms with Crippen molar-refractivity contribution >= 4 is 21.6 Å². The van der Waals surface area contributed by atoms with Crippen molar-refractivity contribution < 1.29 is 22.9 Å². The standard InChI is InChI=1S/C23H30N4O6S/c1-4-24(5-2)17-18-6-8-19(9-7-18)23(28)25-12-14-26(15-13-25)34(31,32)20-10-11-22(33-3)21(16-20)27(29)30/h6-11,16H,4-5,12-15,17H2,1-3H3. The summed E-state index contributed by atoms with van der Waals surface area (Å²) < 4.78 is 32.3. The molecule has 1 heterocycles. The second-order valence-corrected chi connectivity index (χ2v) is 9.88. The van der Waals surface area contributed by atoms with Crippen molar-refractivity contribution in [3.63, 3.8) is 0 Å². The van der Waals surface area contributed by atoms with Gasteiger partial charge in [-0.25, -0.2) is 8.42 Å². The summed E-state index contributed by atoms with van der Waals surface area (Å²) in [6.45, 7) is 7.62. The molecule has 1 aliphatic heterocycles. The average molecular weight is 491 g/mol. The Hall–Kier alpha value is -3.02. The van der Waals surface area contributed by atoms with Crippen molar-refractivity contribution in [1.82, 2.24) is 14.1 Å². The fourth-order valence-electron chi connectivity index (χ4n) is 3.89. The molecule has 0 bridgehead atoms. The maximum atomic E-state index is 13.0. The van der Waals surface area contributed by atoms with Crippen LogP contribution in [0.15, 0.2) is 47.4 Å². The second kappa shape index (κ2) is 10.9. The third kappa shape index (κ3) is 5.54. The van der Waals surface area contributed by atoms with E-state index < -0.39 is 20.6 Å². The quantitative estimate of drug-likeness (QED) is 0.392. The van der Waals surface area contributed by atoms with E-state index in [1.165, 1.54) is 23.5 Å². The molecule has 1 amide bonds. The highest BCUT2D eigenvalue weighted by Gasteiger charge is 2.32. The van der Waals surface area contributed by atoms with Crippen LogP contribution in [0.3, 0.4) is 0 Å². The number of carbonyl (C=O) groups excluding carboxylic acids is 1. The van der Waals surface area contributed by atoms with Gasteiger partial charge in [0.1, 0.15) is 0 Å². The zero-order chi connectivity index (χ0) is 24.9. The summed E-state index contributed by atoms with van der Waals surface area (Å²) in [6, 6.07) is 11.1. The van der Waals surface area contributed by atoms with Gasteiger partial charge in [-0.1, -0.05) is 26.0 Å². The van der Waals surface area contributed by atoms with E-state index in [4.69, 9.17) is 4.74 Å². The Balaban J connectivity index is 1.66. The van der Waals surface area contributed by atoms with Crippen molar-refractivity contribution in [3.05, 3.63) is 63.7 Å². The highest BCUT2D eigenvalue weighted by Crippen LogP contribution is 2.30. The summed E-state index contributed by atoms with van der Waals surface area (Å²) in [5.41, 5.74) is 1.27. The van der Waals surface area contributed by atoms with E-state index in [-0.39, 0.29) is 42.7 Å². The molecule has 0 atom stereocenters. The normalized spacial score (nSPS) is 14.9. The Morgan fingerprint density at radius 1 is 1.06 bits per heavy atom. The van der Waals surface area contributed by atoms with E-state index in [0.717, 1.165) is 31.3 Å². The number of nitro groups is 1. The summed E-state index contributed by atoms with van der Waals surface area (Å²) in [7, 11) is -2.67. The Morgan fingerprint density at radius 2 is 1.68 bits per heavy atom. The van der Waals surface area contributed by atoms with Crippen LogP contribution in [0.25, 0.3) is 0 Å². The molecule has 0 spiro atoms. The van der Waals surface area contributed by atoms with Gasteiger partial charge in [-0.15, -0.1) is 0 Å². The zero-order valence-corrected chi connectivity index (χ0v) is 20.5. The van der Waals surface area contributed by atoms with Gasteiger partial charge in [0, 0.05) is 44.4 Å². The number of benzene rings is 2. The fourth-order valence-corrected chi connectivity index (χ4v) is 5.34. The molecule has 0 radical (unpaired) electrons. The minimum Gasteiger partial charge on any atom is -0.490 e. The first-order chi connectivity index (χ1) is 16.2.